The molecule has 2 heterocycles. The van der Waals surface area contributed by atoms with Gasteiger partial charge in [0.05, 0.1) is 18.6 Å². The van der Waals surface area contributed by atoms with Crippen molar-refractivity contribution >= 4 is 17.7 Å². The number of phenolic OH excluding ortho intramolecular Hbond substituents is 1. The van der Waals surface area contributed by atoms with E-state index in [9.17, 15) is 9.90 Å². The molecule has 0 radical (unpaired) electrons. The zero-order chi connectivity index (χ0) is 22.2. The van der Waals surface area contributed by atoms with E-state index in [1.54, 1.807) is 18.4 Å². The minimum Gasteiger partial charge on any atom is -0.508 e. The smallest absolute Gasteiger partial charge is 0.230 e. The van der Waals surface area contributed by atoms with Gasteiger partial charge in [0.1, 0.15) is 5.75 Å². The minimum atomic E-state index is -0.0467. The Hall–Kier alpha value is -3.52. The Morgan fingerprint density at radius 3 is 2.56 bits per heavy atom. The zero-order valence-electron chi connectivity index (χ0n) is 17.5. The molecule has 164 valence electrons. The summed E-state index contributed by atoms with van der Waals surface area (Å²) in [6.45, 7) is 1.18. The molecule has 0 fully saturated rings. The molecule has 32 heavy (non-hydrogen) atoms. The second kappa shape index (κ2) is 10.7. The summed E-state index contributed by atoms with van der Waals surface area (Å²) in [5.74, 6) is 1.74. The number of hydrogen-bond acceptors (Lipinski definition) is 6. The van der Waals surface area contributed by atoms with Gasteiger partial charge in [-0.05, 0) is 48.2 Å². The molecule has 0 aliphatic carbocycles. The van der Waals surface area contributed by atoms with Crippen LogP contribution in [0.4, 0.5) is 0 Å². The highest BCUT2D eigenvalue weighted by Gasteiger charge is 2.17. The van der Waals surface area contributed by atoms with Gasteiger partial charge in [0.15, 0.2) is 10.9 Å². The number of amides is 1. The molecule has 0 aliphatic rings. The molecule has 0 aliphatic heterocycles. The summed E-state index contributed by atoms with van der Waals surface area (Å²) in [6, 6.07) is 20.8. The van der Waals surface area contributed by atoms with Gasteiger partial charge in [0.25, 0.3) is 0 Å². The molecule has 0 unspecified atom stereocenters. The van der Waals surface area contributed by atoms with Gasteiger partial charge >= 0.3 is 0 Å². The lowest BCUT2D eigenvalue weighted by Crippen LogP contribution is -2.26. The van der Waals surface area contributed by atoms with E-state index < -0.39 is 0 Å². The van der Waals surface area contributed by atoms with Crippen LogP contribution in [0.5, 0.6) is 5.75 Å². The molecular weight excluding hydrogens is 424 g/mol. The van der Waals surface area contributed by atoms with E-state index in [-0.39, 0.29) is 17.4 Å². The summed E-state index contributed by atoms with van der Waals surface area (Å²) in [6.07, 6.45) is 3.27. The third-order valence-corrected chi connectivity index (χ3v) is 5.84. The third kappa shape index (κ3) is 5.79. The van der Waals surface area contributed by atoms with Gasteiger partial charge in [-0.25, -0.2) is 0 Å². The van der Waals surface area contributed by atoms with Crippen LogP contribution in [0.15, 0.2) is 82.6 Å². The van der Waals surface area contributed by atoms with E-state index in [0.717, 1.165) is 24.0 Å². The summed E-state index contributed by atoms with van der Waals surface area (Å²) in [4.78, 5) is 12.3. The highest BCUT2D eigenvalue weighted by atomic mass is 32.2. The van der Waals surface area contributed by atoms with Gasteiger partial charge in [-0.1, -0.05) is 54.2 Å². The quantitative estimate of drug-likeness (QED) is 0.280. The summed E-state index contributed by atoms with van der Waals surface area (Å²) in [5, 5.41) is 21.6. The second-order valence-corrected chi connectivity index (χ2v) is 8.21. The van der Waals surface area contributed by atoms with Crippen LogP contribution in [-0.2, 0) is 17.8 Å². The molecule has 0 saturated heterocycles. The maximum Gasteiger partial charge on any atom is 0.230 e. The van der Waals surface area contributed by atoms with Crippen molar-refractivity contribution in [1.82, 2.24) is 20.1 Å². The van der Waals surface area contributed by atoms with E-state index in [1.165, 1.54) is 11.8 Å². The number of furan rings is 1. The van der Waals surface area contributed by atoms with Crippen molar-refractivity contribution in [2.45, 2.75) is 24.5 Å². The molecule has 4 rings (SSSR count). The fourth-order valence-corrected chi connectivity index (χ4v) is 4.02. The van der Waals surface area contributed by atoms with Crippen LogP contribution >= 0.6 is 11.8 Å². The fraction of sp³-hybridized carbons (Fsp3) is 0.208. The van der Waals surface area contributed by atoms with Crippen molar-refractivity contribution < 1.29 is 14.3 Å². The first-order valence-corrected chi connectivity index (χ1v) is 11.4. The lowest BCUT2D eigenvalue weighted by molar-refractivity contribution is -0.118. The number of nitrogens with zero attached hydrogens (tertiary/aromatic N) is 3. The van der Waals surface area contributed by atoms with E-state index in [2.05, 4.69) is 15.5 Å². The maximum absolute atomic E-state index is 12.3. The van der Waals surface area contributed by atoms with Crippen molar-refractivity contribution in [2.24, 2.45) is 0 Å². The number of rotatable bonds is 10. The average molecular weight is 449 g/mol. The lowest BCUT2D eigenvalue weighted by Gasteiger charge is -2.09. The Balaban J connectivity index is 1.33. The molecule has 7 nitrogen and oxygen atoms in total. The normalized spacial score (nSPS) is 10.9. The molecule has 2 N–H and O–H groups in total. The Kier molecular flexibility index (Phi) is 7.24. The molecule has 2 aromatic carbocycles. The van der Waals surface area contributed by atoms with Gasteiger partial charge in [0, 0.05) is 6.54 Å². The highest BCUT2D eigenvalue weighted by molar-refractivity contribution is 7.99. The van der Waals surface area contributed by atoms with E-state index in [0.29, 0.717) is 29.8 Å². The van der Waals surface area contributed by atoms with E-state index >= 15 is 0 Å². The number of carbonyl (C=O) groups excluding carboxylic acids is 1. The minimum absolute atomic E-state index is 0.0467. The molecule has 0 spiro atoms. The first kappa shape index (κ1) is 21.7. The molecular formula is C24H24N4O3S. The van der Waals surface area contributed by atoms with Crippen molar-refractivity contribution in [1.29, 1.82) is 0 Å². The first-order valence-electron chi connectivity index (χ1n) is 10.4. The van der Waals surface area contributed by atoms with Gasteiger partial charge in [-0.2, -0.15) is 0 Å². The number of thioether (sulfide) groups is 1. The number of nitrogens with one attached hydrogen (secondary N) is 1. The molecule has 0 bridgehead atoms. The molecule has 4 aromatic rings. The monoisotopic (exact) mass is 448 g/mol. The number of aryl methyl sites for hydroxylation is 1. The zero-order valence-corrected chi connectivity index (χ0v) is 18.3. The highest BCUT2D eigenvalue weighted by Crippen LogP contribution is 2.25. The third-order valence-electron chi connectivity index (χ3n) is 4.88. The van der Waals surface area contributed by atoms with Gasteiger partial charge in [-0.15, -0.1) is 10.2 Å². The second-order valence-electron chi connectivity index (χ2n) is 7.26. The topological polar surface area (TPSA) is 93.2 Å². The maximum atomic E-state index is 12.3. The average Bonchev–Trinajstić information content (AvgIpc) is 3.47. The number of aromatic nitrogens is 3. The Morgan fingerprint density at radius 2 is 1.81 bits per heavy atom. The predicted molar refractivity (Wildman–Crippen MR) is 123 cm³/mol. The molecule has 2 aromatic heterocycles. The molecule has 8 heteroatoms. The first-order chi connectivity index (χ1) is 15.7. The number of aromatic hydroxyl groups is 1. The number of benzene rings is 2. The number of phenols is 1. The Labute approximate surface area is 190 Å². The SMILES string of the molecule is O=C(CSc1nnc(-c2ccco2)n1Cc1ccccc1)NCCCc1ccc(O)cc1. The molecule has 0 atom stereocenters. The van der Waals surface area contributed by atoms with E-state index in [1.807, 2.05) is 59.2 Å². The molecule has 0 saturated carbocycles. The largest absolute Gasteiger partial charge is 0.508 e. The molecule has 1 amide bonds. The summed E-state index contributed by atoms with van der Waals surface area (Å²) >= 11 is 1.36. The van der Waals surface area contributed by atoms with Gasteiger partial charge in [-0.3, -0.25) is 9.36 Å². The van der Waals surface area contributed by atoms with Crippen LogP contribution < -0.4 is 5.32 Å². The summed E-state index contributed by atoms with van der Waals surface area (Å²) in [7, 11) is 0. The van der Waals surface area contributed by atoms with Gasteiger partial charge < -0.3 is 14.8 Å². The predicted octanol–water partition coefficient (Wildman–Crippen LogP) is 4.13. The standard InChI is InChI=1S/C24H24N4O3S/c29-20-12-10-18(11-13-20)8-4-14-25-22(30)17-32-24-27-26-23(21-9-5-15-31-21)28(24)16-19-6-2-1-3-7-19/h1-3,5-7,9-13,15,29H,4,8,14,16-17H2,(H,25,30). The van der Waals surface area contributed by atoms with Gasteiger partial charge in [0.2, 0.25) is 11.7 Å². The van der Waals surface area contributed by atoms with Crippen LogP contribution in [0, 0.1) is 0 Å². The lowest BCUT2D eigenvalue weighted by atomic mass is 10.1. The summed E-state index contributed by atoms with van der Waals surface area (Å²) in [5.41, 5.74) is 2.24. The van der Waals surface area contributed by atoms with Crippen LogP contribution in [0.2, 0.25) is 0 Å². The van der Waals surface area contributed by atoms with Crippen LogP contribution in [0.1, 0.15) is 17.5 Å². The van der Waals surface area contributed by atoms with Crippen molar-refractivity contribution in [3.63, 3.8) is 0 Å². The van der Waals surface area contributed by atoms with Crippen molar-refractivity contribution in [2.75, 3.05) is 12.3 Å². The number of hydrogen-bond donors (Lipinski definition) is 2. The van der Waals surface area contributed by atoms with E-state index in [4.69, 9.17) is 4.42 Å². The fourth-order valence-electron chi connectivity index (χ4n) is 3.26. The van der Waals surface area contributed by atoms with Crippen molar-refractivity contribution in [3.05, 3.63) is 84.1 Å². The van der Waals surface area contributed by atoms with Crippen molar-refractivity contribution in [3.8, 4) is 17.3 Å². The van der Waals surface area contributed by atoms with Crippen LogP contribution in [0.25, 0.3) is 11.6 Å². The number of carbonyl (C=O) groups is 1. The van der Waals surface area contributed by atoms with Crippen LogP contribution in [-0.4, -0.2) is 38.1 Å². The van der Waals surface area contributed by atoms with Crippen LogP contribution in [0.3, 0.4) is 0 Å². The Morgan fingerprint density at radius 1 is 1.00 bits per heavy atom. The summed E-state index contributed by atoms with van der Waals surface area (Å²) < 4.78 is 7.49. The Bertz CT molecular complexity index is 1130.